The minimum absolute atomic E-state index is 0. The zero-order valence-electron chi connectivity index (χ0n) is 18.2. The van der Waals surface area contributed by atoms with E-state index in [1.54, 1.807) is 37.4 Å². The summed E-state index contributed by atoms with van der Waals surface area (Å²) in [5.41, 5.74) is 2.17. The second-order valence-electron chi connectivity index (χ2n) is 6.39. The van der Waals surface area contributed by atoms with Gasteiger partial charge in [-0.3, -0.25) is 4.99 Å². The van der Waals surface area contributed by atoms with Crippen LogP contribution < -0.4 is 24.8 Å². The standard InChI is InChI=1S/C21H26F3N3O4.HI/c1-25-20(27-16-9-17(28-2)19(30-4)18(10-16)29-3)26-11-14-6-5-7-15(8-14)12-31-13-21(22,23)24;/h5-10H,11-13H2,1-4H3,(H2,25,26,27);1H. The first-order valence-corrected chi connectivity index (χ1v) is 9.29. The van der Waals surface area contributed by atoms with Crippen LogP contribution in [0.2, 0.25) is 0 Å². The number of ether oxygens (including phenoxy) is 4. The molecule has 0 unspecified atom stereocenters. The lowest BCUT2D eigenvalue weighted by Crippen LogP contribution is -2.30. The molecule has 0 atom stereocenters. The molecule has 2 aromatic rings. The first-order valence-electron chi connectivity index (χ1n) is 9.29. The molecule has 7 nitrogen and oxygen atoms in total. The fraction of sp³-hybridized carbons (Fsp3) is 0.381. The highest BCUT2D eigenvalue weighted by Crippen LogP contribution is 2.39. The molecule has 0 aliphatic rings. The van der Waals surface area contributed by atoms with E-state index in [1.165, 1.54) is 21.3 Å². The fourth-order valence-electron chi connectivity index (χ4n) is 2.77. The lowest BCUT2D eigenvalue weighted by molar-refractivity contribution is -0.176. The maximum absolute atomic E-state index is 12.2. The third-order valence-electron chi connectivity index (χ3n) is 4.14. The van der Waals surface area contributed by atoms with Gasteiger partial charge in [0.25, 0.3) is 0 Å². The molecule has 0 heterocycles. The molecule has 2 N–H and O–H groups in total. The van der Waals surface area contributed by atoms with E-state index in [1.807, 2.05) is 6.07 Å². The van der Waals surface area contributed by atoms with Gasteiger partial charge in [-0.25, -0.2) is 0 Å². The molecular weight excluding hydrogens is 542 g/mol. The van der Waals surface area contributed by atoms with Gasteiger partial charge in [0.2, 0.25) is 5.75 Å². The molecule has 0 saturated heterocycles. The second kappa shape index (κ2) is 13.2. The number of nitrogens with zero attached hydrogens (tertiary/aromatic N) is 1. The van der Waals surface area contributed by atoms with Crippen molar-refractivity contribution in [3.8, 4) is 17.2 Å². The number of benzene rings is 2. The highest BCUT2D eigenvalue weighted by atomic mass is 127. The quantitative estimate of drug-likeness (QED) is 0.262. The molecule has 0 bridgehead atoms. The summed E-state index contributed by atoms with van der Waals surface area (Å²) >= 11 is 0. The summed E-state index contributed by atoms with van der Waals surface area (Å²) in [5, 5.41) is 6.29. The zero-order valence-corrected chi connectivity index (χ0v) is 20.5. The van der Waals surface area contributed by atoms with E-state index in [2.05, 4.69) is 15.6 Å². The number of halogens is 4. The third kappa shape index (κ3) is 8.61. The Morgan fingerprint density at radius 1 is 0.969 bits per heavy atom. The Hall–Kier alpha value is -2.41. The van der Waals surface area contributed by atoms with Crippen LogP contribution in [0.15, 0.2) is 41.4 Å². The van der Waals surface area contributed by atoms with Crippen molar-refractivity contribution in [2.24, 2.45) is 4.99 Å². The molecule has 0 radical (unpaired) electrons. The number of guanidine groups is 1. The lowest BCUT2D eigenvalue weighted by Gasteiger charge is -2.16. The molecular formula is C21H27F3IN3O4. The molecule has 0 aliphatic heterocycles. The van der Waals surface area contributed by atoms with Crippen molar-refractivity contribution in [1.29, 1.82) is 0 Å². The third-order valence-corrected chi connectivity index (χ3v) is 4.14. The Bertz CT molecular complexity index is 870. The number of aliphatic imine (C=N–C) groups is 1. The van der Waals surface area contributed by atoms with Crippen LogP contribution in [-0.2, 0) is 17.9 Å². The van der Waals surface area contributed by atoms with E-state index in [-0.39, 0.29) is 30.6 Å². The van der Waals surface area contributed by atoms with Crippen molar-refractivity contribution in [3.05, 3.63) is 47.5 Å². The number of rotatable bonds is 9. The van der Waals surface area contributed by atoms with Crippen LogP contribution in [0.1, 0.15) is 11.1 Å². The molecule has 32 heavy (non-hydrogen) atoms. The van der Waals surface area contributed by atoms with Gasteiger partial charge in [-0.2, -0.15) is 13.2 Å². The van der Waals surface area contributed by atoms with E-state index in [0.29, 0.717) is 41.0 Å². The van der Waals surface area contributed by atoms with Crippen molar-refractivity contribution in [2.45, 2.75) is 19.3 Å². The Kier molecular flexibility index (Phi) is 11.4. The SMILES string of the molecule is CN=C(NCc1cccc(COCC(F)(F)F)c1)Nc1cc(OC)c(OC)c(OC)c1.I. The van der Waals surface area contributed by atoms with Gasteiger partial charge in [0.1, 0.15) is 6.61 Å². The minimum Gasteiger partial charge on any atom is -0.493 e. The van der Waals surface area contributed by atoms with Crippen molar-refractivity contribution in [3.63, 3.8) is 0 Å². The van der Waals surface area contributed by atoms with E-state index < -0.39 is 12.8 Å². The van der Waals surface area contributed by atoms with Gasteiger partial charge in [0, 0.05) is 31.4 Å². The number of methoxy groups -OCH3 is 3. The van der Waals surface area contributed by atoms with Gasteiger partial charge in [0.05, 0.1) is 27.9 Å². The first kappa shape index (κ1) is 27.6. The predicted octanol–water partition coefficient (Wildman–Crippen LogP) is 4.60. The molecule has 2 aromatic carbocycles. The van der Waals surface area contributed by atoms with E-state index in [9.17, 15) is 13.2 Å². The molecule has 0 fully saturated rings. The lowest BCUT2D eigenvalue weighted by atomic mass is 10.1. The van der Waals surface area contributed by atoms with E-state index >= 15 is 0 Å². The summed E-state index contributed by atoms with van der Waals surface area (Å²) in [4.78, 5) is 4.18. The summed E-state index contributed by atoms with van der Waals surface area (Å²) in [6.45, 7) is -0.996. The number of hydrogen-bond donors (Lipinski definition) is 2. The molecule has 0 saturated carbocycles. The van der Waals surface area contributed by atoms with Gasteiger partial charge in [-0.1, -0.05) is 24.3 Å². The van der Waals surface area contributed by atoms with Gasteiger partial charge < -0.3 is 29.6 Å². The van der Waals surface area contributed by atoms with Crippen molar-refractivity contribution in [1.82, 2.24) is 5.32 Å². The first-order chi connectivity index (χ1) is 14.8. The zero-order chi connectivity index (χ0) is 22.9. The molecule has 178 valence electrons. The summed E-state index contributed by atoms with van der Waals surface area (Å²) in [7, 11) is 6.20. The molecule has 0 aromatic heterocycles. The molecule has 0 aliphatic carbocycles. The smallest absolute Gasteiger partial charge is 0.411 e. The maximum atomic E-state index is 12.2. The molecule has 0 amide bonds. The monoisotopic (exact) mass is 569 g/mol. The van der Waals surface area contributed by atoms with E-state index in [4.69, 9.17) is 18.9 Å². The van der Waals surface area contributed by atoms with Crippen LogP contribution in [0.5, 0.6) is 17.2 Å². The van der Waals surface area contributed by atoms with Gasteiger partial charge in [-0.05, 0) is 11.1 Å². The number of anilines is 1. The Labute approximate surface area is 202 Å². The fourth-order valence-corrected chi connectivity index (χ4v) is 2.77. The van der Waals surface area contributed by atoms with Crippen molar-refractivity contribution < 1.29 is 32.1 Å². The summed E-state index contributed by atoms with van der Waals surface area (Å²) in [6.07, 6.45) is -4.34. The number of alkyl halides is 3. The van der Waals surface area contributed by atoms with Gasteiger partial charge in [-0.15, -0.1) is 24.0 Å². The van der Waals surface area contributed by atoms with Crippen LogP contribution in [0.3, 0.4) is 0 Å². The summed E-state index contributed by atoms with van der Waals surface area (Å²) < 4.78 is 57.4. The van der Waals surface area contributed by atoms with Crippen LogP contribution in [0, 0.1) is 0 Å². The maximum Gasteiger partial charge on any atom is 0.411 e. The van der Waals surface area contributed by atoms with Crippen LogP contribution >= 0.6 is 24.0 Å². The van der Waals surface area contributed by atoms with Crippen LogP contribution in [0.4, 0.5) is 18.9 Å². The van der Waals surface area contributed by atoms with Crippen LogP contribution in [0.25, 0.3) is 0 Å². The van der Waals surface area contributed by atoms with Crippen molar-refractivity contribution >= 4 is 35.6 Å². The average molecular weight is 569 g/mol. The minimum atomic E-state index is -4.34. The van der Waals surface area contributed by atoms with Crippen LogP contribution in [-0.4, -0.2) is 47.1 Å². The van der Waals surface area contributed by atoms with Crippen molar-refractivity contribution in [2.75, 3.05) is 40.3 Å². The average Bonchev–Trinajstić information content (AvgIpc) is 2.75. The van der Waals surface area contributed by atoms with E-state index in [0.717, 1.165) is 5.56 Å². The molecule has 2 rings (SSSR count). The van der Waals surface area contributed by atoms with Gasteiger partial charge in [0.15, 0.2) is 17.5 Å². The topological polar surface area (TPSA) is 73.3 Å². The summed E-state index contributed by atoms with van der Waals surface area (Å²) in [6, 6.07) is 10.6. The second-order valence-corrected chi connectivity index (χ2v) is 6.39. The number of hydrogen-bond acceptors (Lipinski definition) is 5. The highest BCUT2D eigenvalue weighted by Gasteiger charge is 2.27. The highest BCUT2D eigenvalue weighted by molar-refractivity contribution is 14.0. The number of nitrogens with one attached hydrogen (secondary N) is 2. The Morgan fingerprint density at radius 2 is 1.59 bits per heavy atom. The van der Waals surface area contributed by atoms with Gasteiger partial charge >= 0.3 is 6.18 Å². The Balaban J connectivity index is 0.00000512. The Morgan fingerprint density at radius 3 is 2.12 bits per heavy atom. The largest absolute Gasteiger partial charge is 0.493 e. The normalized spacial score (nSPS) is 11.4. The summed E-state index contributed by atoms with van der Waals surface area (Å²) in [5.74, 6) is 1.94. The molecule has 11 heteroatoms. The predicted molar refractivity (Wildman–Crippen MR) is 127 cm³/mol. The molecule has 0 spiro atoms.